The zero-order chi connectivity index (χ0) is 13.6. The number of hydrogen-bond donors (Lipinski definition) is 2. The van der Waals surface area contributed by atoms with E-state index in [0.717, 1.165) is 4.68 Å². The number of carbonyl (C=O) groups excluding carboxylic acids is 2. The molecule has 2 aromatic rings. The van der Waals surface area contributed by atoms with E-state index in [4.69, 9.17) is 17.3 Å². The van der Waals surface area contributed by atoms with Crippen molar-refractivity contribution in [3.05, 3.63) is 34.9 Å². The number of anilines is 2. The molecule has 2 heterocycles. The fourth-order valence-corrected chi connectivity index (χ4v) is 2.16. The number of nitrogens with zero attached hydrogens (tertiary/aromatic N) is 3. The highest BCUT2D eigenvalue weighted by atomic mass is 35.5. The molecule has 0 saturated heterocycles. The molecule has 0 radical (unpaired) electrons. The summed E-state index contributed by atoms with van der Waals surface area (Å²) in [5, 5.41) is 6.68. The van der Waals surface area contributed by atoms with Crippen molar-refractivity contribution < 1.29 is 9.59 Å². The number of aromatic nitrogens is 3. The molecule has 1 aromatic heterocycles. The molecule has 19 heavy (non-hydrogen) atoms. The van der Waals surface area contributed by atoms with Crippen LogP contribution in [0.3, 0.4) is 0 Å². The Morgan fingerprint density at radius 1 is 1.37 bits per heavy atom. The average Bonchev–Trinajstić information content (AvgIpc) is 2.70. The molecule has 1 aliphatic heterocycles. The van der Waals surface area contributed by atoms with Gasteiger partial charge in [-0.25, -0.2) is 0 Å². The van der Waals surface area contributed by atoms with Crippen molar-refractivity contribution >= 4 is 35.3 Å². The van der Waals surface area contributed by atoms with Gasteiger partial charge >= 0.3 is 0 Å². The topological polar surface area (TPSA) is 103 Å². The van der Waals surface area contributed by atoms with Crippen LogP contribution in [0.25, 0.3) is 0 Å². The minimum absolute atomic E-state index is 0.0331. The number of halogens is 1. The molecule has 1 aromatic carbocycles. The highest BCUT2D eigenvalue weighted by molar-refractivity contribution is 6.30. The maximum absolute atomic E-state index is 12.3. The number of rotatable bonds is 1. The predicted octanol–water partition coefficient (Wildman–Crippen LogP) is 0.890. The van der Waals surface area contributed by atoms with Crippen molar-refractivity contribution in [2.24, 2.45) is 0 Å². The molecule has 0 fully saturated rings. The molecule has 0 spiro atoms. The SMILES string of the molecule is Nc1nc2n(n1)C(=O)C(c1cccc(Cl)c1)C(=O)N2. The second-order valence-electron chi connectivity index (χ2n) is 4.02. The lowest BCUT2D eigenvalue weighted by Gasteiger charge is -2.20. The van der Waals surface area contributed by atoms with Crippen LogP contribution in [0, 0.1) is 0 Å². The van der Waals surface area contributed by atoms with Crippen LogP contribution in [0.4, 0.5) is 11.9 Å². The van der Waals surface area contributed by atoms with Gasteiger partial charge in [-0.1, -0.05) is 23.7 Å². The number of hydrogen-bond acceptors (Lipinski definition) is 5. The Labute approximate surface area is 112 Å². The van der Waals surface area contributed by atoms with Crippen LogP contribution in [-0.4, -0.2) is 26.6 Å². The van der Waals surface area contributed by atoms with Crippen LogP contribution in [0.1, 0.15) is 16.3 Å². The van der Waals surface area contributed by atoms with Gasteiger partial charge in [0.05, 0.1) is 0 Å². The van der Waals surface area contributed by atoms with Crippen LogP contribution >= 0.6 is 11.6 Å². The monoisotopic (exact) mass is 277 g/mol. The van der Waals surface area contributed by atoms with Crippen molar-refractivity contribution in [2.75, 3.05) is 11.1 Å². The normalized spacial score (nSPS) is 18.1. The van der Waals surface area contributed by atoms with Crippen molar-refractivity contribution in [2.45, 2.75) is 5.92 Å². The second-order valence-corrected chi connectivity index (χ2v) is 4.46. The summed E-state index contributed by atoms with van der Waals surface area (Å²) < 4.78 is 0.988. The van der Waals surface area contributed by atoms with E-state index in [2.05, 4.69) is 15.4 Å². The first kappa shape index (κ1) is 11.7. The smallest absolute Gasteiger partial charge is 0.267 e. The van der Waals surface area contributed by atoms with Gasteiger partial charge in [0.25, 0.3) is 5.91 Å². The summed E-state index contributed by atoms with van der Waals surface area (Å²) in [6, 6.07) is 6.55. The molecule has 3 N–H and O–H groups in total. The Morgan fingerprint density at radius 2 is 2.16 bits per heavy atom. The summed E-state index contributed by atoms with van der Waals surface area (Å²) in [6.45, 7) is 0. The van der Waals surface area contributed by atoms with Crippen molar-refractivity contribution in [3.63, 3.8) is 0 Å². The van der Waals surface area contributed by atoms with E-state index in [1.807, 2.05) is 0 Å². The fourth-order valence-electron chi connectivity index (χ4n) is 1.96. The molecule has 1 amide bonds. The van der Waals surface area contributed by atoms with E-state index in [-0.39, 0.29) is 11.9 Å². The largest absolute Gasteiger partial charge is 0.366 e. The molecule has 8 heteroatoms. The van der Waals surface area contributed by atoms with Crippen LogP contribution in [-0.2, 0) is 4.79 Å². The number of carbonyl (C=O) groups is 2. The van der Waals surface area contributed by atoms with E-state index >= 15 is 0 Å². The van der Waals surface area contributed by atoms with Gasteiger partial charge in [0.2, 0.25) is 17.8 Å². The van der Waals surface area contributed by atoms with Crippen molar-refractivity contribution in [1.82, 2.24) is 14.8 Å². The van der Waals surface area contributed by atoms with Crippen LogP contribution < -0.4 is 11.1 Å². The molecular formula is C11H8ClN5O2. The molecule has 3 rings (SSSR count). The standard InChI is InChI=1S/C11H8ClN5O2/c12-6-3-1-2-5(4-6)7-8(18)14-11-15-10(13)16-17(11)9(7)19/h1-4,7H,(H3,13,14,15,16,18). The third-order valence-electron chi connectivity index (χ3n) is 2.76. The quantitative estimate of drug-likeness (QED) is 0.754. The Balaban J connectivity index is 2.09. The van der Waals surface area contributed by atoms with Crippen LogP contribution in [0.2, 0.25) is 5.02 Å². The zero-order valence-corrected chi connectivity index (χ0v) is 10.3. The van der Waals surface area contributed by atoms with E-state index in [1.165, 1.54) is 0 Å². The van der Waals surface area contributed by atoms with Gasteiger partial charge in [-0.2, -0.15) is 9.67 Å². The Morgan fingerprint density at radius 3 is 2.89 bits per heavy atom. The van der Waals surface area contributed by atoms with Gasteiger partial charge in [-0.05, 0) is 17.7 Å². The molecule has 1 atom stereocenters. The van der Waals surface area contributed by atoms with Crippen LogP contribution in [0.5, 0.6) is 0 Å². The van der Waals surface area contributed by atoms with Gasteiger partial charge < -0.3 is 5.73 Å². The minimum atomic E-state index is -1.01. The summed E-state index contributed by atoms with van der Waals surface area (Å²) in [5.74, 6) is -2.04. The average molecular weight is 278 g/mol. The van der Waals surface area contributed by atoms with Crippen molar-refractivity contribution in [1.29, 1.82) is 0 Å². The van der Waals surface area contributed by atoms with Gasteiger partial charge in [-0.3, -0.25) is 14.9 Å². The number of fused-ring (bicyclic) bond motifs is 1. The molecule has 0 saturated carbocycles. The van der Waals surface area contributed by atoms with Gasteiger partial charge in [0.15, 0.2) is 0 Å². The highest BCUT2D eigenvalue weighted by Crippen LogP contribution is 2.27. The van der Waals surface area contributed by atoms with E-state index in [9.17, 15) is 9.59 Å². The third kappa shape index (κ3) is 1.84. The van der Waals surface area contributed by atoms with Gasteiger partial charge in [-0.15, -0.1) is 5.10 Å². The maximum atomic E-state index is 12.3. The number of nitrogens with two attached hydrogens (primary N) is 1. The summed E-state index contributed by atoms with van der Waals surface area (Å²) >= 11 is 5.87. The molecular weight excluding hydrogens is 270 g/mol. The number of amides is 1. The maximum Gasteiger partial charge on any atom is 0.267 e. The minimum Gasteiger partial charge on any atom is -0.366 e. The van der Waals surface area contributed by atoms with Crippen LogP contribution in [0.15, 0.2) is 24.3 Å². The molecule has 7 nitrogen and oxygen atoms in total. The third-order valence-corrected chi connectivity index (χ3v) is 2.99. The zero-order valence-electron chi connectivity index (χ0n) is 9.50. The lowest BCUT2D eigenvalue weighted by Crippen LogP contribution is -2.38. The first-order chi connectivity index (χ1) is 9.06. The Kier molecular flexibility index (Phi) is 2.49. The summed E-state index contributed by atoms with van der Waals surface area (Å²) in [6.07, 6.45) is 0. The molecule has 0 aliphatic carbocycles. The Bertz CT molecular complexity index is 696. The van der Waals surface area contributed by atoms with Crippen molar-refractivity contribution in [3.8, 4) is 0 Å². The van der Waals surface area contributed by atoms with E-state index in [0.29, 0.717) is 10.6 Å². The lowest BCUT2D eigenvalue weighted by atomic mass is 9.96. The lowest BCUT2D eigenvalue weighted by molar-refractivity contribution is -0.117. The highest BCUT2D eigenvalue weighted by Gasteiger charge is 2.37. The number of benzene rings is 1. The van der Waals surface area contributed by atoms with E-state index < -0.39 is 17.7 Å². The van der Waals surface area contributed by atoms with E-state index in [1.54, 1.807) is 24.3 Å². The summed E-state index contributed by atoms with van der Waals surface area (Å²) in [4.78, 5) is 28.0. The predicted molar refractivity (Wildman–Crippen MR) is 67.9 cm³/mol. The second kappa shape index (κ2) is 4.06. The first-order valence-corrected chi connectivity index (χ1v) is 5.77. The summed E-state index contributed by atoms with van der Waals surface area (Å²) in [5.41, 5.74) is 5.90. The number of nitrogens with one attached hydrogen (secondary N) is 1. The first-order valence-electron chi connectivity index (χ1n) is 5.39. The number of nitrogen functional groups attached to an aromatic ring is 1. The van der Waals surface area contributed by atoms with Gasteiger partial charge in [0, 0.05) is 5.02 Å². The summed E-state index contributed by atoms with van der Waals surface area (Å²) in [7, 11) is 0. The molecule has 0 bridgehead atoms. The molecule has 96 valence electrons. The Hall–Kier alpha value is -2.41. The van der Waals surface area contributed by atoms with Gasteiger partial charge in [0.1, 0.15) is 5.92 Å². The molecule has 1 unspecified atom stereocenters. The fraction of sp³-hybridized carbons (Fsp3) is 0.0909. The molecule has 1 aliphatic rings.